The van der Waals surface area contributed by atoms with Crippen LogP contribution in [0.2, 0.25) is 0 Å². The van der Waals surface area contributed by atoms with E-state index < -0.39 is 15.9 Å². The van der Waals surface area contributed by atoms with E-state index in [2.05, 4.69) is 22.2 Å². The van der Waals surface area contributed by atoms with E-state index in [1.165, 1.54) is 29.8 Å². The van der Waals surface area contributed by atoms with Crippen LogP contribution in [0.25, 0.3) is 0 Å². The van der Waals surface area contributed by atoms with Gasteiger partial charge in [0.25, 0.3) is 15.9 Å². The average molecular weight is 570 g/mol. The van der Waals surface area contributed by atoms with Crippen LogP contribution in [0.3, 0.4) is 0 Å². The minimum absolute atomic E-state index is 0.0130. The van der Waals surface area contributed by atoms with Gasteiger partial charge in [0, 0.05) is 18.7 Å². The van der Waals surface area contributed by atoms with Gasteiger partial charge in [0.2, 0.25) is 5.91 Å². The molecule has 41 heavy (non-hydrogen) atoms. The Bertz CT molecular complexity index is 1590. The molecule has 0 aliphatic carbocycles. The fourth-order valence-electron chi connectivity index (χ4n) is 4.80. The Balaban J connectivity index is 1.15. The van der Waals surface area contributed by atoms with Crippen molar-refractivity contribution >= 4 is 27.5 Å². The molecule has 0 atom stereocenters. The number of likely N-dealkylation sites (tertiary alicyclic amines) is 1. The maximum absolute atomic E-state index is 13.1. The molecule has 0 aromatic heterocycles. The molecule has 1 aliphatic heterocycles. The number of carbonyl (C=O) groups excluding carboxylic acids is 2. The number of rotatable bonds is 9. The minimum atomic E-state index is -3.96. The Hall–Kier alpha value is -4.63. The van der Waals surface area contributed by atoms with E-state index >= 15 is 0 Å². The van der Waals surface area contributed by atoms with Gasteiger partial charge in [0.1, 0.15) is 5.75 Å². The van der Waals surface area contributed by atoms with Gasteiger partial charge >= 0.3 is 0 Å². The van der Waals surface area contributed by atoms with Crippen molar-refractivity contribution in [3.8, 4) is 11.5 Å². The van der Waals surface area contributed by atoms with Crippen LogP contribution < -0.4 is 14.8 Å². The maximum atomic E-state index is 13.1. The fourth-order valence-corrected chi connectivity index (χ4v) is 5.87. The van der Waals surface area contributed by atoms with Gasteiger partial charge < -0.3 is 15.0 Å². The number of piperidine rings is 1. The van der Waals surface area contributed by atoms with Crippen molar-refractivity contribution in [2.75, 3.05) is 24.4 Å². The summed E-state index contributed by atoms with van der Waals surface area (Å²) >= 11 is 0. The lowest BCUT2D eigenvalue weighted by atomic mass is 9.89. The van der Waals surface area contributed by atoms with E-state index in [-0.39, 0.29) is 28.6 Å². The topological polar surface area (TPSA) is 105 Å². The second kappa shape index (κ2) is 12.7. The van der Waals surface area contributed by atoms with Crippen LogP contribution in [-0.2, 0) is 14.8 Å². The molecular formula is C32H31N3O5S. The van der Waals surface area contributed by atoms with E-state index in [1.54, 1.807) is 41.3 Å². The molecule has 1 heterocycles. The van der Waals surface area contributed by atoms with Crippen molar-refractivity contribution in [3.63, 3.8) is 0 Å². The number of hydrogen-bond donors (Lipinski definition) is 2. The number of hydrogen-bond acceptors (Lipinski definition) is 5. The first-order chi connectivity index (χ1) is 19.9. The molecule has 5 rings (SSSR count). The van der Waals surface area contributed by atoms with Crippen LogP contribution in [0.4, 0.5) is 5.69 Å². The minimum Gasteiger partial charge on any atom is -0.455 e. The highest BCUT2D eigenvalue weighted by atomic mass is 32.2. The molecule has 2 N–H and O–H groups in total. The smallest absolute Gasteiger partial charge is 0.262 e. The van der Waals surface area contributed by atoms with Crippen LogP contribution >= 0.6 is 0 Å². The molecule has 0 radical (unpaired) electrons. The van der Waals surface area contributed by atoms with Crippen molar-refractivity contribution in [2.45, 2.75) is 23.7 Å². The van der Waals surface area contributed by atoms with Gasteiger partial charge in [-0.3, -0.25) is 14.3 Å². The van der Waals surface area contributed by atoms with Crippen molar-refractivity contribution < 1.29 is 22.7 Å². The molecule has 1 fully saturated rings. The van der Waals surface area contributed by atoms with Crippen LogP contribution in [0.15, 0.2) is 114 Å². The first-order valence-corrected chi connectivity index (χ1v) is 14.9. The molecule has 8 nitrogen and oxygen atoms in total. The third-order valence-corrected chi connectivity index (χ3v) is 8.43. The number of nitrogens with one attached hydrogen (secondary N) is 2. The largest absolute Gasteiger partial charge is 0.455 e. The number of para-hydroxylation sites is 3. The summed E-state index contributed by atoms with van der Waals surface area (Å²) in [7, 11) is -3.96. The highest BCUT2D eigenvalue weighted by Crippen LogP contribution is 2.31. The number of anilines is 1. The lowest BCUT2D eigenvalue weighted by molar-refractivity contribution is -0.131. The van der Waals surface area contributed by atoms with E-state index in [4.69, 9.17) is 4.74 Å². The zero-order valence-corrected chi connectivity index (χ0v) is 23.2. The monoisotopic (exact) mass is 569 g/mol. The number of sulfonamides is 1. The summed E-state index contributed by atoms with van der Waals surface area (Å²) in [5.41, 5.74) is 1.83. The van der Waals surface area contributed by atoms with Gasteiger partial charge in [-0.25, -0.2) is 8.42 Å². The molecule has 1 saturated heterocycles. The van der Waals surface area contributed by atoms with Crippen LogP contribution in [-0.4, -0.2) is 44.8 Å². The standard InChI is InChI=1S/C32H31N3O5S/c36-31(35-21-19-25(20-22-35)24-9-3-1-4-10-24)23-33-32(37)26-15-17-28(18-16-26)41(38,39)34-29-13-7-8-14-30(29)40-27-11-5-2-6-12-27/h1-18,25,34H,19-23H2,(H,33,37). The molecule has 4 aromatic carbocycles. The van der Waals surface area contributed by atoms with Gasteiger partial charge in [-0.1, -0.05) is 60.7 Å². The highest BCUT2D eigenvalue weighted by Gasteiger charge is 2.24. The Morgan fingerprint density at radius 3 is 2.07 bits per heavy atom. The van der Waals surface area contributed by atoms with Gasteiger partial charge in [0.15, 0.2) is 5.75 Å². The normalized spacial score (nSPS) is 13.8. The van der Waals surface area contributed by atoms with Crippen LogP contribution in [0.5, 0.6) is 11.5 Å². The third kappa shape index (κ3) is 7.12. The predicted molar refractivity (Wildman–Crippen MR) is 158 cm³/mol. The van der Waals surface area contributed by atoms with Gasteiger partial charge in [-0.2, -0.15) is 0 Å². The highest BCUT2D eigenvalue weighted by molar-refractivity contribution is 7.92. The SMILES string of the molecule is O=C(NCC(=O)N1CCC(c2ccccc2)CC1)c1ccc(S(=O)(=O)Nc2ccccc2Oc2ccccc2)cc1. The first kappa shape index (κ1) is 27.9. The van der Waals surface area contributed by atoms with Gasteiger partial charge in [-0.05, 0) is 72.9 Å². The van der Waals surface area contributed by atoms with Crippen molar-refractivity contribution in [1.82, 2.24) is 10.2 Å². The van der Waals surface area contributed by atoms with Crippen LogP contribution in [0, 0.1) is 0 Å². The summed E-state index contributed by atoms with van der Waals surface area (Å²) in [5, 5.41) is 2.66. The summed E-state index contributed by atoms with van der Waals surface area (Å²) in [5.74, 6) is 0.779. The van der Waals surface area contributed by atoms with Crippen LogP contribution in [0.1, 0.15) is 34.7 Å². The molecule has 210 valence electrons. The summed E-state index contributed by atoms with van der Waals surface area (Å²) in [4.78, 5) is 27.1. The number of ether oxygens (including phenoxy) is 1. The lowest BCUT2D eigenvalue weighted by Crippen LogP contribution is -2.43. The first-order valence-electron chi connectivity index (χ1n) is 13.4. The van der Waals surface area contributed by atoms with Crippen molar-refractivity contribution in [3.05, 3.63) is 120 Å². The number of carbonyl (C=O) groups is 2. The van der Waals surface area contributed by atoms with Gasteiger partial charge in [0.05, 0.1) is 17.1 Å². The summed E-state index contributed by atoms with van der Waals surface area (Å²) in [6.07, 6.45) is 1.77. The molecule has 4 aromatic rings. The number of nitrogens with zero attached hydrogens (tertiary/aromatic N) is 1. The summed E-state index contributed by atoms with van der Waals surface area (Å²) in [6, 6.07) is 31.6. The van der Waals surface area contributed by atoms with E-state index in [9.17, 15) is 18.0 Å². The lowest BCUT2D eigenvalue weighted by Gasteiger charge is -2.32. The number of amides is 2. The quantitative estimate of drug-likeness (QED) is 0.280. The van der Waals surface area contributed by atoms with E-state index in [0.29, 0.717) is 30.5 Å². The average Bonchev–Trinajstić information content (AvgIpc) is 3.01. The Morgan fingerprint density at radius 1 is 0.780 bits per heavy atom. The van der Waals surface area contributed by atoms with E-state index in [0.717, 1.165) is 12.8 Å². The van der Waals surface area contributed by atoms with Crippen molar-refractivity contribution in [1.29, 1.82) is 0 Å². The molecule has 1 aliphatic rings. The van der Waals surface area contributed by atoms with Gasteiger partial charge in [-0.15, -0.1) is 0 Å². The maximum Gasteiger partial charge on any atom is 0.262 e. The molecule has 9 heteroatoms. The third-order valence-electron chi connectivity index (χ3n) is 7.05. The second-order valence-electron chi connectivity index (χ2n) is 9.79. The predicted octanol–water partition coefficient (Wildman–Crippen LogP) is 5.42. The number of benzene rings is 4. The summed E-state index contributed by atoms with van der Waals surface area (Å²) in [6.45, 7) is 1.18. The zero-order chi connectivity index (χ0) is 28.7. The Labute approximate surface area is 240 Å². The second-order valence-corrected chi connectivity index (χ2v) is 11.5. The molecule has 0 saturated carbocycles. The fraction of sp³-hybridized carbons (Fsp3) is 0.188. The molecule has 0 unspecified atom stereocenters. The van der Waals surface area contributed by atoms with Crippen molar-refractivity contribution in [2.24, 2.45) is 0 Å². The molecular weight excluding hydrogens is 538 g/mol. The molecule has 0 bridgehead atoms. The Morgan fingerprint density at radius 2 is 1.39 bits per heavy atom. The molecule has 0 spiro atoms. The zero-order valence-electron chi connectivity index (χ0n) is 22.4. The molecule has 2 amide bonds. The van der Waals surface area contributed by atoms with E-state index in [1.807, 2.05) is 36.4 Å². The summed E-state index contributed by atoms with van der Waals surface area (Å²) < 4.78 is 34.6. The Kier molecular flexibility index (Phi) is 8.64.